The first-order chi connectivity index (χ1) is 7.40. The summed E-state index contributed by atoms with van der Waals surface area (Å²) in [6.45, 7) is -0.0897. The smallest absolute Gasteiger partial charge is 0.325 e. The number of piperidine rings is 1. The lowest BCUT2D eigenvalue weighted by molar-refractivity contribution is -0.148. The minimum absolute atomic E-state index is 0.0606. The highest BCUT2D eigenvalue weighted by Gasteiger charge is 2.40. The van der Waals surface area contributed by atoms with E-state index in [4.69, 9.17) is 21.7 Å². The Labute approximate surface area is 93.0 Å². The second-order valence-corrected chi connectivity index (χ2v) is 4.11. The van der Waals surface area contributed by atoms with Crippen molar-refractivity contribution in [3.63, 3.8) is 0 Å². The van der Waals surface area contributed by atoms with Gasteiger partial charge < -0.3 is 26.6 Å². The molecule has 1 saturated heterocycles. The molecule has 0 spiro atoms. The van der Waals surface area contributed by atoms with Crippen LogP contribution < -0.4 is 11.5 Å². The van der Waals surface area contributed by atoms with Crippen LogP contribution in [-0.4, -0.2) is 58.3 Å². The first-order valence-corrected chi connectivity index (χ1v) is 5.08. The summed E-state index contributed by atoms with van der Waals surface area (Å²) >= 11 is 0. The molecule has 0 aromatic heterocycles. The van der Waals surface area contributed by atoms with Gasteiger partial charge in [0, 0.05) is 13.1 Å². The minimum atomic E-state index is -1.40. The van der Waals surface area contributed by atoms with Crippen molar-refractivity contribution in [2.24, 2.45) is 11.5 Å². The van der Waals surface area contributed by atoms with Crippen molar-refractivity contribution in [1.29, 1.82) is 0 Å². The first-order valence-electron chi connectivity index (χ1n) is 5.08. The van der Waals surface area contributed by atoms with Gasteiger partial charge in [0.05, 0.1) is 6.61 Å². The van der Waals surface area contributed by atoms with E-state index >= 15 is 0 Å². The van der Waals surface area contributed by atoms with Crippen LogP contribution in [0.15, 0.2) is 0 Å². The van der Waals surface area contributed by atoms with E-state index in [-0.39, 0.29) is 6.54 Å². The topological polar surface area (TPSA) is 130 Å². The third kappa shape index (κ3) is 2.49. The number of aliphatic carboxylic acids is 1. The molecule has 0 aromatic carbocycles. The molecule has 1 aliphatic heterocycles. The summed E-state index contributed by atoms with van der Waals surface area (Å²) in [5.41, 5.74) is 9.66. The molecule has 0 aliphatic carbocycles. The van der Waals surface area contributed by atoms with Gasteiger partial charge in [-0.15, -0.1) is 0 Å². The van der Waals surface area contributed by atoms with Crippen molar-refractivity contribution in [3.8, 4) is 0 Å². The molecule has 1 aliphatic rings. The van der Waals surface area contributed by atoms with E-state index in [0.29, 0.717) is 19.4 Å². The maximum atomic E-state index is 11.6. The minimum Gasteiger partial charge on any atom is -0.480 e. The average Bonchev–Trinajstić information content (AvgIpc) is 2.27. The number of amides is 1. The Balaban J connectivity index is 2.71. The number of nitrogens with zero attached hydrogens (tertiary/aromatic N) is 1. The molecule has 7 nitrogen and oxygen atoms in total. The van der Waals surface area contributed by atoms with Crippen LogP contribution in [0.3, 0.4) is 0 Å². The molecule has 0 unspecified atom stereocenters. The van der Waals surface area contributed by atoms with Crippen LogP contribution in [0.25, 0.3) is 0 Å². The fourth-order valence-electron chi connectivity index (χ4n) is 1.76. The number of nitrogens with two attached hydrogens (primary N) is 2. The molecular weight excluding hydrogens is 214 g/mol. The number of aliphatic hydroxyl groups excluding tert-OH is 1. The zero-order valence-electron chi connectivity index (χ0n) is 8.93. The number of carboxylic acid groups (broad SMARTS) is 1. The van der Waals surface area contributed by atoms with Gasteiger partial charge in [-0.05, 0) is 12.8 Å². The lowest BCUT2D eigenvalue weighted by Gasteiger charge is -2.38. The van der Waals surface area contributed by atoms with Crippen LogP contribution in [0, 0.1) is 0 Å². The summed E-state index contributed by atoms with van der Waals surface area (Å²) in [6, 6.07) is -1.00. The number of hydrogen-bond donors (Lipinski definition) is 4. The van der Waals surface area contributed by atoms with Crippen LogP contribution in [-0.2, 0) is 9.59 Å². The standard InChI is InChI=1S/C9H17N3O4/c10-6(4-13)7(14)12-3-1-2-9(11,5-12)8(15)16/h6,13H,1-5,10-11H2,(H,15,16)/t6-,9+/m0/s1. The second kappa shape index (κ2) is 4.77. The quantitative estimate of drug-likeness (QED) is 0.432. The molecule has 1 heterocycles. The Kier molecular flexibility index (Phi) is 3.84. The number of aliphatic hydroxyl groups is 1. The average molecular weight is 231 g/mol. The van der Waals surface area contributed by atoms with Crippen LogP contribution in [0.2, 0.25) is 0 Å². The van der Waals surface area contributed by atoms with E-state index in [2.05, 4.69) is 0 Å². The van der Waals surface area contributed by atoms with Gasteiger partial charge in [-0.1, -0.05) is 0 Å². The summed E-state index contributed by atoms with van der Waals surface area (Å²) < 4.78 is 0. The Morgan fingerprint density at radius 2 is 2.12 bits per heavy atom. The lowest BCUT2D eigenvalue weighted by atomic mass is 9.90. The Bertz CT molecular complexity index is 296. The summed E-state index contributed by atoms with van der Waals surface area (Å²) in [5.74, 6) is -1.58. The second-order valence-electron chi connectivity index (χ2n) is 4.11. The van der Waals surface area contributed by atoms with Crippen LogP contribution in [0.1, 0.15) is 12.8 Å². The Morgan fingerprint density at radius 1 is 1.50 bits per heavy atom. The molecule has 0 aromatic rings. The van der Waals surface area contributed by atoms with Crippen LogP contribution in [0.4, 0.5) is 0 Å². The molecule has 6 N–H and O–H groups in total. The van der Waals surface area contributed by atoms with Crippen molar-refractivity contribution in [2.45, 2.75) is 24.4 Å². The van der Waals surface area contributed by atoms with Crippen molar-refractivity contribution in [2.75, 3.05) is 19.7 Å². The van der Waals surface area contributed by atoms with Gasteiger partial charge in [0.25, 0.3) is 0 Å². The molecule has 1 amide bonds. The number of carbonyl (C=O) groups excluding carboxylic acids is 1. The molecule has 1 fully saturated rings. The number of rotatable bonds is 3. The van der Waals surface area contributed by atoms with Crippen LogP contribution in [0.5, 0.6) is 0 Å². The summed E-state index contributed by atoms with van der Waals surface area (Å²) in [6.07, 6.45) is 0.854. The van der Waals surface area contributed by atoms with Crippen molar-refractivity contribution in [3.05, 3.63) is 0 Å². The third-order valence-corrected chi connectivity index (χ3v) is 2.78. The number of carbonyl (C=O) groups is 2. The molecule has 92 valence electrons. The Hall–Kier alpha value is -1.18. The summed E-state index contributed by atoms with van der Waals surface area (Å²) in [4.78, 5) is 23.9. The van der Waals surface area contributed by atoms with E-state index in [1.54, 1.807) is 0 Å². The highest BCUT2D eigenvalue weighted by molar-refractivity contribution is 5.84. The zero-order valence-corrected chi connectivity index (χ0v) is 8.93. The van der Waals surface area contributed by atoms with Gasteiger partial charge >= 0.3 is 5.97 Å². The largest absolute Gasteiger partial charge is 0.480 e. The van der Waals surface area contributed by atoms with Gasteiger partial charge in [-0.3, -0.25) is 9.59 Å². The van der Waals surface area contributed by atoms with Gasteiger partial charge in [0.1, 0.15) is 11.6 Å². The van der Waals surface area contributed by atoms with Gasteiger partial charge in [0.15, 0.2) is 0 Å². The molecule has 0 bridgehead atoms. The van der Waals surface area contributed by atoms with E-state index in [1.165, 1.54) is 4.90 Å². The van der Waals surface area contributed by atoms with E-state index in [1.807, 2.05) is 0 Å². The fourth-order valence-corrected chi connectivity index (χ4v) is 1.76. The van der Waals surface area contributed by atoms with Crippen molar-refractivity contribution >= 4 is 11.9 Å². The van der Waals surface area contributed by atoms with Gasteiger partial charge in [-0.2, -0.15) is 0 Å². The van der Waals surface area contributed by atoms with E-state index in [0.717, 1.165) is 0 Å². The van der Waals surface area contributed by atoms with Crippen LogP contribution >= 0.6 is 0 Å². The Morgan fingerprint density at radius 3 is 2.62 bits per heavy atom. The summed E-state index contributed by atoms with van der Waals surface area (Å²) in [7, 11) is 0. The lowest BCUT2D eigenvalue weighted by Crippen LogP contribution is -2.62. The maximum absolute atomic E-state index is 11.6. The molecule has 0 saturated carbocycles. The first kappa shape index (κ1) is 12.9. The molecule has 1 rings (SSSR count). The van der Waals surface area contributed by atoms with Gasteiger partial charge in [0.2, 0.25) is 5.91 Å². The fraction of sp³-hybridized carbons (Fsp3) is 0.778. The normalized spacial score (nSPS) is 27.6. The number of carboxylic acids is 1. The monoisotopic (exact) mass is 231 g/mol. The molecular formula is C9H17N3O4. The van der Waals surface area contributed by atoms with Gasteiger partial charge in [-0.25, -0.2) is 0 Å². The highest BCUT2D eigenvalue weighted by Crippen LogP contribution is 2.19. The maximum Gasteiger partial charge on any atom is 0.325 e. The number of likely N-dealkylation sites (tertiary alicyclic amines) is 1. The molecule has 0 radical (unpaired) electrons. The predicted molar refractivity (Wildman–Crippen MR) is 55.4 cm³/mol. The molecule has 16 heavy (non-hydrogen) atoms. The molecule has 2 atom stereocenters. The SMILES string of the molecule is N[C@@H](CO)C(=O)N1CCC[C@](N)(C(=O)O)C1. The molecule has 7 heteroatoms. The van der Waals surface area contributed by atoms with Crippen molar-refractivity contribution < 1.29 is 19.8 Å². The zero-order chi connectivity index (χ0) is 12.3. The predicted octanol–water partition coefficient (Wildman–Crippen LogP) is -2.29. The highest BCUT2D eigenvalue weighted by atomic mass is 16.4. The van der Waals surface area contributed by atoms with E-state index < -0.39 is 30.1 Å². The van der Waals surface area contributed by atoms with Crippen molar-refractivity contribution in [1.82, 2.24) is 4.90 Å². The number of hydrogen-bond acceptors (Lipinski definition) is 5. The van der Waals surface area contributed by atoms with E-state index in [9.17, 15) is 9.59 Å². The summed E-state index contributed by atoms with van der Waals surface area (Å²) in [5, 5.41) is 17.7. The third-order valence-electron chi connectivity index (χ3n) is 2.78.